The van der Waals surface area contributed by atoms with E-state index in [0.29, 0.717) is 0 Å². The quantitative estimate of drug-likeness (QED) is 0.315. The number of ether oxygens (including phenoxy) is 1. The number of nitrogens with one attached hydrogen (secondary N) is 2. The molecular formula is C15H16F3N3O4. The molecule has 0 bridgehead atoms. The molecule has 10 heteroatoms. The largest absolute Gasteiger partial charge is 0.466 e. The Morgan fingerprint density at radius 1 is 1.16 bits per heavy atom. The molecular weight excluding hydrogens is 343 g/mol. The summed E-state index contributed by atoms with van der Waals surface area (Å²) < 4.78 is 42.9. The first-order valence-corrected chi connectivity index (χ1v) is 7.36. The van der Waals surface area contributed by atoms with E-state index < -0.39 is 47.3 Å². The van der Waals surface area contributed by atoms with Crippen molar-refractivity contribution < 1.29 is 32.3 Å². The number of rotatable bonds is 5. The molecule has 1 aliphatic carbocycles. The van der Waals surface area contributed by atoms with Gasteiger partial charge in [-0.2, -0.15) is 13.2 Å². The zero-order valence-electron chi connectivity index (χ0n) is 13.1. The molecule has 7 nitrogen and oxygen atoms in total. The Morgan fingerprint density at radius 2 is 1.80 bits per heavy atom. The highest BCUT2D eigenvalue weighted by Crippen LogP contribution is 2.48. The first-order valence-electron chi connectivity index (χ1n) is 7.36. The van der Waals surface area contributed by atoms with Crippen molar-refractivity contribution in [3.05, 3.63) is 29.8 Å². The first kappa shape index (κ1) is 18.7. The minimum atomic E-state index is -4.56. The van der Waals surface area contributed by atoms with E-state index in [-0.39, 0.29) is 12.3 Å². The third-order valence-electron chi connectivity index (χ3n) is 3.78. The van der Waals surface area contributed by atoms with Crippen molar-refractivity contribution in [2.45, 2.75) is 13.1 Å². The van der Waals surface area contributed by atoms with Crippen LogP contribution in [0.3, 0.4) is 0 Å². The van der Waals surface area contributed by atoms with Gasteiger partial charge in [0.2, 0.25) is 11.8 Å². The maximum Gasteiger partial charge on any atom is 0.416 e. The molecule has 1 aromatic carbocycles. The van der Waals surface area contributed by atoms with Gasteiger partial charge in [0.15, 0.2) is 0 Å². The molecule has 0 aromatic heterocycles. The lowest BCUT2D eigenvalue weighted by Crippen LogP contribution is -2.33. The highest BCUT2D eigenvalue weighted by Gasteiger charge is 2.63. The summed E-state index contributed by atoms with van der Waals surface area (Å²) in [5, 5.41) is 2.28. The molecule has 0 spiro atoms. The summed E-state index contributed by atoms with van der Waals surface area (Å²) in [6, 6.07) is 4.03. The lowest BCUT2D eigenvalue weighted by atomic mass is 10.2. The normalized spacial score (nSPS) is 22.0. The number of hydrazine groups is 1. The third kappa shape index (κ3) is 4.08. The van der Waals surface area contributed by atoms with Crippen molar-refractivity contribution in [2.75, 3.05) is 11.9 Å². The van der Waals surface area contributed by atoms with Crippen LogP contribution in [0.2, 0.25) is 0 Å². The summed E-state index contributed by atoms with van der Waals surface area (Å²) in [4.78, 5) is 35.8. The molecule has 0 aliphatic heterocycles. The van der Waals surface area contributed by atoms with Crippen LogP contribution >= 0.6 is 0 Å². The summed E-state index contributed by atoms with van der Waals surface area (Å²) in [5.41, 5.74) is 0.829. The molecule has 1 fully saturated rings. The number of amides is 2. The van der Waals surface area contributed by atoms with E-state index in [4.69, 9.17) is 10.6 Å². The van der Waals surface area contributed by atoms with E-state index in [9.17, 15) is 27.6 Å². The van der Waals surface area contributed by atoms with Crippen LogP contribution in [0.25, 0.3) is 0 Å². The fraction of sp³-hybridized carbons (Fsp3) is 0.400. The Balaban J connectivity index is 2.14. The molecule has 1 aromatic rings. The Hall–Kier alpha value is -2.62. The first-order chi connectivity index (χ1) is 11.7. The van der Waals surface area contributed by atoms with Gasteiger partial charge < -0.3 is 10.1 Å². The smallest absolute Gasteiger partial charge is 0.416 e. The van der Waals surface area contributed by atoms with E-state index in [2.05, 4.69) is 5.32 Å². The molecule has 0 radical (unpaired) electrons. The highest BCUT2D eigenvalue weighted by atomic mass is 19.4. The lowest BCUT2D eigenvalue weighted by molar-refractivity contribution is -0.146. The van der Waals surface area contributed by atoms with E-state index in [1.165, 1.54) is 6.07 Å². The highest BCUT2D eigenvalue weighted by molar-refractivity contribution is 6.05. The van der Waals surface area contributed by atoms with Crippen molar-refractivity contribution in [1.82, 2.24) is 5.43 Å². The molecule has 2 rings (SSSR count). The molecule has 3 atom stereocenters. The van der Waals surface area contributed by atoms with Crippen LogP contribution in [0.15, 0.2) is 24.3 Å². The topological polar surface area (TPSA) is 111 Å². The van der Waals surface area contributed by atoms with Gasteiger partial charge in [0.1, 0.15) is 0 Å². The van der Waals surface area contributed by atoms with Crippen LogP contribution in [0, 0.1) is 17.8 Å². The number of carbonyl (C=O) groups is 3. The number of benzene rings is 1. The molecule has 1 saturated carbocycles. The Kier molecular flexibility index (Phi) is 5.31. The maximum atomic E-state index is 12.7. The van der Waals surface area contributed by atoms with Crippen LogP contribution < -0.4 is 16.6 Å². The average Bonchev–Trinajstić information content (AvgIpc) is 3.29. The fourth-order valence-corrected chi connectivity index (χ4v) is 2.59. The summed E-state index contributed by atoms with van der Waals surface area (Å²) in [7, 11) is 0. The van der Waals surface area contributed by atoms with Gasteiger partial charge in [0, 0.05) is 5.69 Å². The second-order valence-electron chi connectivity index (χ2n) is 5.41. The van der Waals surface area contributed by atoms with Gasteiger partial charge in [-0.05, 0) is 25.1 Å². The number of hydrogen-bond donors (Lipinski definition) is 3. The van der Waals surface area contributed by atoms with E-state index in [1.54, 1.807) is 6.92 Å². The Labute approximate surface area is 140 Å². The summed E-state index contributed by atoms with van der Waals surface area (Å²) in [6.07, 6.45) is -4.56. The van der Waals surface area contributed by atoms with Crippen LogP contribution in [-0.2, 0) is 25.3 Å². The molecule has 136 valence electrons. The number of halogens is 3. The fourth-order valence-electron chi connectivity index (χ4n) is 2.59. The number of alkyl halides is 3. The minimum absolute atomic E-state index is 0.0638. The standard InChI is InChI=1S/C15H16F3N3O4/c1-2-25-14(24)11-9(10(11)13(23)21-19)12(22)20-8-5-3-4-7(6-8)15(16,17)18/h3-6,9-11H,2,19H2,1H3,(H,20,22)(H,21,23)/t9-,10+,11-/m1/s1. The maximum absolute atomic E-state index is 12.7. The number of nitrogens with two attached hydrogens (primary N) is 1. The monoisotopic (exact) mass is 359 g/mol. The van der Waals surface area contributed by atoms with Crippen molar-refractivity contribution in [1.29, 1.82) is 0 Å². The molecule has 2 amide bonds. The predicted octanol–water partition coefficient (Wildman–Crippen LogP) is 1.06. The van der Waals surface area contributed by atoms with Gasteiger partial charge >= 0.3 is 12.1 Å². The number of hydrogen-bond acceptors (Lipinski definition) is 5. The van der Waals surface area contributed by atoms with Crippen molar-refractivity contribution >= 4 is 23.5 Å². The van der Waals surface area contributed by atoms with Gasteiger partial charge in [-0.1, -0.05) is 6.07 Å². The number of anilines is 1. The molecule has 1 aliphatic rings. The van der Waals surface area contributed by atoms with E-state index >= 15 is 0 Å². The van der Waals surface area contributed by atoms with Crippen LogP contribution in [0.4, 0.5) is 18.9 Å². The van der Waals surface area contributed by atoms with Crippen LogP contribution in [-0.4, -0.2) is 24.4 Å². The van der Waals surface area contributed by atoms with Gasteiger partial charge in [0.05, 0.1) is 29.9 Å². The van der Waals surface area contributed by atoms with E-state index in [1.807, 2.05) is 5.43 Å². The lowest BCUT2D eigenvalue weighted by Gasteiger charge is -2.10. The molecule has 25 heavy (non-hydrogen) atoms. The van der Waals surface area contributed by atoms with Crippen LogP contribution in [0.5, 0.6) is 0 Å². The second-order valence-corrected chi connectivity index (χ2v) is 5.41. The van der Waals surface area contributed by atoms with Crippen molar-refractivity contribution in [3.63, 3.8) is 0 Å². The zero-order chi connectivity index (χ0) is 18.8. The second kappa shape index (κ2) is 7.09. The number of carbonyl (C=O) groups excluding carboxylic acids is 3. The van der Waals surface area contributed by atoms with E-state index in [0.717, 1.165) is 18.2 Å². The minimum Gasteiger partial charge on any atom is -0.466 e. The summed E-state index contributed by atoms with van der Waals surface area (Å²) in [6.45, 7) is 1.63. The Bertz CT molecular complexity index is 693. The molecule has 0 heterocycles. The van der Waals surface area contributed by atoms with Crippen molar-refractivity contribution in [2.24, 2.45) is 23.6 Å². The van der Waals surface area contributed by atoms with Gasteiger partial charge in [0.25, 0.3) is 0 Å². The van der Waals surface area contributed by atoms with Gasteiger partial charge in [-0.25, -0.2) is 5.84 Å². The average molecular weight is 359 g/mol. The summed E-state index contributed by atoms with van der Waals surface area (Å²) >= 11 is 0. The van der Waals surface area contributed by atoms with Gasteiger partial charge in [-0.15, -0.1) is 0 Å². The Morgan fingerprint density at radius 3 is 2.36 bits per heavy atom. The molecule has 0 unspecified atom stereocenters. The molecule has 4 N–H and O–H groups in total. The predicted molar refractivity (Wildman–Crippen MR) is 79.5 cm³/mol. The summed E-state index contributed by atoms with van der Waals surface area (Å²) in [5.74, 6) is -0.287. The third-order valence-corrected chi connectivity index (χ3v) is 3.78. The molecule has 0 saturated heterocycles. The number of esters is 1. The zero-order valence-corrected chi connectivity index (χ0v) is 13.1. The SMILES string of the molecule is CCOC(=O)[C@@H]1[C@H](C(=O)Nc2cccc(C(F)(F)F)c2)[C@@H]1C(=O)NN. The van der Waals surface area contributed by atoms with Crippen molar-refractivity contribution in [3.8, 4) is 0 Å². The van der Waals surface area contributed by atoms with Gasteiger partial charge in [-0.3, -0.25) is 19.8 Å². The van der Waals surface area contributed by atoms with Crippen LogP contribution in [0.1, 0.15) is 12.5 Å².